The largest absolute Gasteiger partial charge is 0.489 e. The minimum absolute atomic E-state index is 0.303. The summed E-state index contributed by atoms with van der Waals surface area (Å²) in [5.74, 6) is 1.75. The molecule has 0 unspecified atom stereocenters. The average Bonchev–Trinajstić information content (AvgIpc) is 2.86. The molecule has 1 amide bonds. The van der Waals surface area contributed by atoms with Gasteiger partial charge in [-0.3, -0.25) is 9.69 Å². The lowest BCUT2D eigenvalue weighted by atomic mass is 9.88. The van der Waals surface area contributed by atoms with E-state index in [-0.39, 0.29) is 0 Å². The Labute approximate surface area is 178 Å². The molecule has 4 nitrogen and oxygen atoms in total. The van der Waals surface area contributed by atoms with Gasteiger partial charge in [0.05, 0.1) is 0 Å². The highest BCUT2D eigenvalue weighted by molar-refractivity contribution is 6.30. The van der Waals surface area contributed by atoms with E-state index < -0.39 is 0 Å². The van der Waals surface area contributed by atoms with Crippen molar-refractivity contribution in [3.05, 3.63) is 64.7 Å². The fourth-order valence-corrected chi connectivity index (χ4v) is 4.89. The number of ether oxygens (including phenoxy) is 1. The Bertz CT molecular complexity index is 842. The summed E-state index contributed by atoms with van der Waals surface area (Å²) < 4.78 is 6.14. The fraction of sp³-hybridized carbons (Fsp3) is 0.458. The van der Waals surface area contributed by atoms with Gasteiger partial charge in [0.15, 0.2) is 0 Å². The molecule has 5 heteroatoms. The van der Waals surface area contributed by atoms with Gasteiger partial charge in [-0.1, -0.05) is 41.9 Å². The lowest BCUT2D eigenvalue weighted by Crippen LogP contribution is -2.50. The standard InChI is InChI=1S/C24H29ClN2O2/c1-26-22-12-13-27(15-19(22)8-5-9-24(26)28)16-20-14-21(25)10-11-23(20)29-17-18-6-3-2-4-7-18/h2-4,6-7,10-11,14,19,22H,5,8-9,12-13,15-17H2,1H3/t19-,22+/m0/s1. The average molecular weight is 413 g/mol. The summed E-state index contributed by atoms with van der Waals surface area (Å²) in [7, 11) is 1.98. The third-order valence-electron chi connectivity index (χ3n) is 6.29. The minimum atomic E-state index is 0.303. The summed E-state index contributed by atoms with van der Waals surface area (Å²) in [5.41, 5.74) is 2.28. The van der Waals surface area contributed by atoms with Crippen molar-refractivity contribution >= 4 is 17.5 Å². The van der Waals surface area contributed by atoms with Crippen LogP contribution in [-0.4, -0.2) is 41.9 Å². The van der Waals surface area contributed by atoms with Gasteiger partial charge in [-0.15, -0.1) is 0 Å². The van der Waals surface area contributed by atoms with Crippen LogP contribution in [0, 0.1) is 5.92 Å². The predicted octanol–water partition coefficient (Wildman–Crippen LogP) is 4.75. The van der Waals surface area contributed by atoms with Crippen LogP contribution >= 0.6 is 11.6 Å². The summed E-state index contributed by atoms with van der Waals surface area (Å²) in [6.45, 7) is 3.38. The van der Waals surface area contributed by atoms with Gasteiger partial charge in [0.2, 0.25) is 5.91 Å². The van der Waals surface area contributed by atoms with Crippen molar-refractivity contribution in [2.75, 3.05) is 20.1 Å². The van der Waals surface area contributed by atoms with E-state index in [0.717, 1.165) is 60.8 Å². The zero-order valence-corrected chi connectivity index (χ0v) is 17.8. The van der Waals surface area contributed by atoms with Crippen molar-refractivity contribution in [1.29, 1.82) is 0 Å². The van der Waals surface area contributed by atoms with Crippen molar-refractivity contribution in [1.82, 2.24) is 9.80 Å². The number of carbonyl (C=O) groups is 1. The van der Waals surface area contributed by atoms with E-state index in [2.05, 4.69) is 17.0 Å². The zero-order valence-electron chi connectivity index (χ0n) is 17.0. The molecule has 2 atom stereocenters. The van der Waals surface area contributed by atoms with Crippen molar-refractivity contribution in [2.24, 2.45) is 5.92 Å². The van der Waals surface area contributed by atoms with E-state index in [4.69, 9.17) is 16.3 Å². The molecule has 29 heavy (non-hydrogen) atoms. The number of piperidine rings is 1. The van der Waals surface area contributed by atoms with Crippen LogP contribution in [0.1, 0.15) is 36.8 Å². The number of carbonyl (C=O) groups excluding carboxylic acids is 1. The second-order valence-corrected chi connectivity index (χ2v) is 8.71. The molecule has 2 aromatic carbocycles. The number of nitrogens with zero attached hydrogens (tertiary/aromatic N) is 2. The Hall–Kier alpha value is -2.04. The molecule has 2 aromatic rings. The molecule has 0 aliphatic carbocycles. The zero-order chi connectivity index (χ0) is 20.2. The molecule has 0 radical (unpaired) electrons. The summed E-state index contributed by atoms with van der Waals surface area (Å²) in [5, 5.41) is 0.738. The molecule has 0 spiro atoms. The quantitative estimate of drug-likeness (QED) is 0.710. The Morgan fingerprint density at radius 3 is 2.79 bits per heavy atom. The second-order valence-electron chi connectivity index (χ2n) is 8.27. The third-order valence-corrected chi connectivity index (χ3v) is 6.52. The molecule has 0 saturated carbocycles. The normalized spacial score (nSPS) is 22.8. The highest BCUT2D eigenvalue weighted by Gasteiger charge is 2.35. The lowest BCUT2D eigenvalue weighted by molar-refractivity contribution is -0.132. The molecular weight excluding hydrogens is 384 g/mol. The van der Waals surface area contributed by atoms with Gasteiger partial charge in [-0.25, -0.2) is 0 Å². The van der Waals surface area contributed by atoms with Crippen LogP contribution in [0.2, 0.25) is 5.02 Å². The topological polar surface area (TPSA) is 32.8 Å². The SMILES string of the molecule is CN1C(=O)CCC[C@H]2CN(Cc3cc(Cl)ccc3OCc3ccccc3)CC[C@H]21. The smallest absolute Gasteiger partial charge is 0.222 e. The molecule has 154 valence electrons. The minimum Gasteiger partial charge on any atom is -0.489 e. The predicted molar refractivity (Wildman–Crippen MR) is 116 cm³/mol. The maximum atomic E-state index is 12.2. The van der Waals surface area contributed by atoms with E-state index in [9.17, 15) is 4.79 Å². The van der Waals surface area contributed by atoms with Crippen LogP contribution < -0.4 is 4.74 Å². The highest BCUT2D eigenvalue weighted by Crippen LogP contribution is 2.32. The molecule has 4 rings (SSSR count). The monoisotopic (exact) mass is 412 g/mol. The summed E-state index contributed by atoms with van der Waals surface area (Å²) >= 11 is 6.30. The Balaban J connectivity index is 1.44. The number of hydrogen-bond acceptors (Lipinski definition) is 3. The number of hydrogen-bond donors (Lipinski definition) is 0. The summed E-state index contributed by atoms with van der Waals surface area (Å²) in [6.07, 6.45) is 3.86. The maximum Gasteiger partial charge on any atom is 0.222 e. The van der Waals surface area contributed by atoms with Gasteiger partial charge < -0.3 is 9.64 Å². The van der Waals surface area contributed by atoms with Crippen molar-refractivity contribution < 1.29 is 9.53 Å². The first-order chi connectivity index (χ1) is 14.1. The number of halogens is 1. The second kappa shape index (κ2) is 9.19. The number of benzene rings is 2. The highest BCUT2D eigenvalue weighted by atomic mass is 35.5. The molecule has 2 saturated heterocycles. The van der Waals surface area contributed by atoms with Crippen LogP contribution in [0.4, 0.5) is 0 Å². The van der Waals surface area contributed by atoms with Crippen LogP contribution in [0.5, 0.6) is 5.75 Å². The van der Waals surface area contributed by atoms with Crippen LogP contribution in [0.15, 0.2) is 48.5 Å². The molecule has 2 aliphatic rings. The van der Waals surface area contributed by atoms with E-state index in [1.54, 1.807) is 0 Å². The van der Waals surface area contributed by atoms with Crippen LogP contribution in [0.25, 0.3) is 0 Å². The van der Waals surface area contributed by atoms with Gasteiger partial charge in [-0.05, 0) is 48.9 Å². The number of likely N-dealkylation sites (tertiary alicyclic amines) is 2. The number of amides is 1. The van der Waals surface area contributed by atoms with Gasteiger partial charge in [0, 0.05) is 49.7 Å². The van der Waals surface area contributed by atoms with Gasteiger partial charge in [0.25, 0.3) is 0 Å². The van der Waals surface area contributed by atoms with Gasteiger partial charge in [0.1, 0.15) is 12.4 Å². The first-order valence-electron chi connectivity index (χ1n) is 10.5. The lowest BCUT2D eigenvalue weighted by Gasteiger charge is -2.41. The Kier molecular flexibility index (Phi) is 6.41. The number of fused-ring (bicyclic) bond motifs is 1. The first kappa shape index (κ1) is 20.2. The van der Waals surface area contributed by atoms with Crippen LogP contribution in [-0.2, 0) is 17.9 Å². The molecule has 0 bridgehead atoms. The molecule has 0 aromatic heterocycles. The van der Waals surface area contributed by atoms with Crippen molar-refractivity contribution in [2.45, 2.75) is 44.9 Å². The molecule has 0 N–H and O–H groups in total. The third kappa shape index (κ3) is 4.93. The van der Waals surface area contributed by atoms with E-state index in [1.165, 1.54) is 0 Å². The maximum absolute atomic E-state index is 12.2. The van der Waals surface area contributed by atoms with Gasteiger partial charge in [-0.2, -0.15) is 0 Å². The van der Waals surface area contributed by atoms with Crippen LogP contribution in [0.3, 0.4) is 0 Å². The molecule has 2 aliphatic heterocycles. The molecule has 2 heterocycles. The van der Waals surface area contributed by atoms with Crippen molar-refractivity contribution in [3.63, 3.8) is 0 Å². The summed E-state index contributed by atoms with van der Waals surface area (Å²) in [4.78, 5) is 16.7. The number of rotatable bonds is 5. The fourth-order valence-electron chi connectivity index (χ4n) is 4.70. The van der Waals surface area contributed by atoms with E-state index in [1.807, 2.05) is 48.3 Å². The van der Waals surface area contributed by atoms with E-state index in [0.29, 0.717) is 30.9 Å². The van der Waals surface area contributed by atoms with Gasteiger partial charge >= 0.3 is 0 Å². The Morgan fingerprint density at radius 2 is 1.97 bits per heavy atom. The summed E-state index contributed by atoms with van der Waals surface area (Å²) in [6, 6.07) is 16.5. The van der Waals surface area contributed by atoms with Crippen molar-refractivity contribution in [3.8, 4) is 5.75 Å². The molecular formula is C24H29ClN2O2. The molecule has 2 fully saturated rings. The Morgan fingerprint density at radius 1 is 1.14 bits per heavy atom. The van der Waals surface area contributed by atoms with E-state index >= 15 is 0 Å². The first-order valence-corrected chi connectivity index (χ1v) is 10.9.